The SMILES string of the molecule is O=C(COc1ncc(-c2cccc(CO)c2F)cn1)N1CCOCC1. The number of aliphatic hydroxyl groups excluding tert-OH is 1. The summed E-state index contributed by atoms with van der Waals surface area (Å²) in [5.74, 6) is -0.664. The molecule has 2 heterocycles. The predicted molar refractivity (Wildman–Crippen MR) is 86.2 cm³/mol. The third-order valence-corrected chi connectivity index (χ3v) is 3.88. The van der Waals surface area contributed by atoms with Crippen LogP contribution in [0.2, 0.25) is 0 Å². The highest BCUT2D eigenvalue weighted by molar-refractivity contribution is 5.77. The smallest absolute Gasteiger partial charge is 0.316 e. The van der Waals surface area contributed by atoms with E-state index in [4.69, 9.17) is 14.6 Å². The number of morpholine rings is 1. The third kappa shape index (κ3) is 4.09. The summed E-state index contributed by atoms with van der Waals surface area (Å²) in [5.41, 5.74) is 0.955. The average molecular weight is 347 g/mol. The van der Waals surface area contributed by atoms with Gasteiger partial charge in [-0.3, -0.25) is 4.79 Å². The Morgan fingerprint density at radius 3 is 2.68 bits per heavy atom. The second-order valence-corrected chi connectivity index (χ2v) is 5.47. The minimum absolute atomic E-state index is 0.0454. The van der Waals surface area contributed by atoms with Crippen LogP contribution in [-0.4, -0.2) is 58.8 Å². The van der Waals surface area contributed by atoms with Crippen LogP contribution in [0, 0.1) is 5.82 Å². The van der Waals surface area contributed by atoms with E-state index in [1.807, 2.05) is 0 Å². The molecule has 0 unspecified atom stereocenters. The molecule has 0 radical (unpaired) electrons. The summed E-state index contributed by atoms with van der Waals surface area (Å²) in [6, 6.07) is 4.78. The lowest BCUT2D eigenvalue weighted by molar-refractivity contribution is -0.137. The van der Waals surface area contributed by atoms with Gasteiger partial charge >= 0.3 is 6.01 Å². The first-order valence-electron chi connectivity index (χ1n) is 7.88. The number of amides is 1. The monoisotopic (exact) mass is 347 g/mol. The summed E-state index contributed by atoms with van der Waals surface area (Å²) >= 11 is 0. The Bertz CT molecular complexity index is 733. The zero-order valence-electron chi connectivity index (χ0n) is 13.5. The van der Waals surface area contributed by atoms with Gasteiger partial charge in [-0.25, -0.2) is 14.4 Å². The second kappa shape index (κ2) is 8.00. The van der Waals surface area contributed by atoms with Crippen LogP contribution in [0.15, 0.2) is 30.6 Å². The van der Waals surface area contributed by atoms with E-state index in [9.17, 15) is 9.18 Å². The maximum Gasteiger partial charge on any atom is 0.316 e. The van der Waals surface area contributed by atoms with Crippen molar-refractivity contribution in [3.8, 4) is 17.1 Å². The van der Waals surface area contributed by atoms with Crippen molar-refractivity contribution in [2.75, 3.05) is 32.9 Å². The lowest BCUT2D eigenvalue weighted by Gasteiger charge is -2.26. The number of ether oxygens (including phenoxy) is 2. The largest absolute Gasteiger partial charge is 0.453 e. The van der Waals surface area contributed by atoms with Crippen LogP contribution in [0.3, 0.4) is 0 Å². The topological polar surface area (TPSA) is 84.8 Å². The van der Waals surface area contributed by atoms with Crippen molar-refractivity contribution in [3.63, 3.8) is 0 Å². The van der Waals surface area contributed by atoms with Crippen LogP contribution in [0.5, 0.6) is 6.01 Å². The lowest BCUT2D eigenvalue weighted by Crippen LogP contribution is -2.43. The number of hydrogen-bond acceptors (Lipinski definition) is 6. The van der Waals surface area contributed by atoms with Gasteiger partial charge in [0, 0.05) is 42.2 Å². The Balaban J connectivity index is 1.63. The molecule has 0 saturated carbocycles. The number of nitrogens with zero attached hydrogens (tertiary/aromatic N) is 3. The molecule has 1 amide bonds. The van der Waals surface area contributed by atoms with E-state index in [0.717, 1.165) is 0 Å². The highest BCUT2D eigenvalue weighted by Gasteiger charge is 2.17. The van der Waals surface area contributed by atoms with E-state index in [0.29, 0.717) is 37.4 Å². The molecule has 1 aliphatic rings. The molecule has 1 aromatic heterocycles. The van der Waals surface area contributed by atoms with Crippen molar-refractivity contribution in [3.05, 3.63) is 42.0 Å². The van der Waals surface area contributed by atoms with Gasteiger partial charge in [0.2, 0.25) is 0 Å². The quantitative estimate of drug-likeness (QED) is 0.869. The highest BCUT2D eigenvalue weighted by atomic mass is 19.1. The number of aromatic nitrogens is 2. The lowest BCUT2D eigenvalue weighted by atomic mass is 10.1. The van der Waals surface area contributed by atoms with E-state index >= 15 is 0 Å². The molecule has 25 heavy (non-hydrogen) atoms. The van der Waals surface area contributed by atoms with Crippen molar-refractivity contribution < 1.29 is 23.8 Å². The van der Waals surface area contributed by atoms with Crippen molar-refractivity contribution in [1.29, 1.82) is 0 Å². The van der Waals surface area contributed by atoms with E-state index in [2.05, 4.69) is 9.97 Å². The van der Waals surface area contributed by atoms with Crippen LogP contribution < -0.4 is 4.74 Å². The Kier molecular flexibility index (Phi) is 5.52. The molecule has 2 aromatic rings. The molecular formula is C17H18FN3O4. The summed E-state index contributed by atoms with van der Waals surface area (Å²) in [6.45, 7) is 1.59. The van der Waals surface area contributed by atoms with Gasteiger partial charge in [-0.05, 0) is 0 Å². The van der Waals surface area contributed by atoms with Gasteiger partial charge in [0.15, 0.2) is 6.61 Å². The second-order valence-electron chi connectivity index (χ2n) is 5.47. The Labute approximate surface area is 144 Å². The first-order chi connectivity index (χ1) is 12.2. The number of hydrogen-bond donors (Lipinski definition) is 1. The summed E-state index contributed by atoms with van der Waals surface area (Å²) in [4.78, 5) is 21.7. The molecule has 1 fully saturated rings. The first-order valence-corrected chi connectivity index (χ1v) is 7.88. The average Bonchev–Trinajstić information content (AvgIpc) is 2.67. The number of carbonyl (C=O) groups excluding carboxylic acids is 1. The van der Waals surface area contributed by atoms with Crippen molar-refractivity contribution in [2.45, 2.75) is 6.61 Å². The van der Waals surface area contributed by atoms with E-state index in [1.165, 1.54) is 18.5 Å². The molecule has 0 atom stereocenters. The van der Waals surface area contributed by atoms with Crippen LogP contribution in [-0.2, 0) is 16.1 Å². The van der Waals surface area contributed by atoms with Gasteiger partial charge in [-0.1, -0.05) is 18.2 Å². The van der Waals surface area contributed by atoms with Gasteiger partial charge in [-0.2, -0.15) is 0 Å². The zero-order chi connectivity index (χ0) is 17.6. The third-order valence-electron chi connectivity index (χ3n) is 3.88. The van der Waals surface area contributed by atoms with Gasteiger partial charge < -0.3 is 19.5 Å². The fraction of sp³-hybridized carbons (Fsp3) is 0.353. The number of rotatable bonds is 5. The van der Waals surface area contributed by atoms with Crippen molar-refractivity contribution in [2.24, 2.45) is 0 Å². The molecule has 1 saturated heterocycles. The van der Waals surface area contributed by atoms with Crippen molar-refractivity contribution >= 4 is 5.91 Å². The van der Waals surface area contributed by atoms with Gasteiger partial charge in [0.05, 0.1) is 19.8 Å². The molecule has 0 bridgehead atoms. The molecule has 0 spiro atoms. The number of aliphatic hydroxyl groups is 1. The maximum atomic E-state index is 14.2. The van der Waals surface area contributed by atoms with Crippen LogP contribution in [0.1, 0.15) is 5.56 Å². The number of benzene rings is 1. The standard InChI is InChI=1S/C17H18FN3O4/c18-16-12(10-22)2-1-3-14(16)13-8-19-17(20-9-13)25-11-15(23)21-4-6-24-7-5-21/h1-3,8-9,22H,4-7,10-11H2. The number of carbonyl (C=O) groups is 1. The molecule has 8 heteroatoms. The molecule has 1 N–H and O–H groups in total. The fourth-order valence-corrected chi connectivity index (χ4v) is 2.48. The summed E-state index contributed by atoms with van der Waals surface area (Å²) in [7, 11) is 0. The number of halogens is 1. The van der Waals surface area contributed by atoms with Crippen molar-refractivity contribution in [1.82, 2.24) is 14.9 Å². The fourth-order valence-electron chi connectivity index (χ4n) is 2.48. The van der Waals surface area contributed by atoms with E-state index < -0.39 is 5.82 Å². The van der Waals surface area contributed by atoms with Gasteiger partial charge in [-0.15, -0.1) is 0 Å². The molecule has 132 valence electrons. The molecule has 7 nitrogen and oxygen atoms in total. The zero-order valence-corrected chi connectivity index (χ0v) is 13.5. The normalized spacial score (nSPS) is 14.4. The minimum Gasteiger partial charge on any atom is -0.453 e. The maximum absolute atomic E-state index is 14.2. The highest BCUT2D eigenvalue weighted by Crippen LogP contribution is 2.24. The molecule has 3 rings (SSSR count). The first kappa shape index (κ1) is 17.2. The van der Waals surface area contributed by atoms with Crippen LogP contribution in [0.4, 0.5) is 4.39 Å². The summed E-state index contributed by atoms with van der Waals surface area (Å²) in [6.07, 6.45) is 2.84. The minimum atomic E-state index is -0.509. The van der Waals surface area contributed by atoms with Crippen LogP contribution >= 0.6 is 0 Å². The molecule has 0 aliphatic carbocycles. The summed E-state index contributed by atoms with van der Waals surface area (Å²) < 4.78 is 24.7. The van der Waals surface area contributed by atoms with Gasteiger partial charge in [0.1, 0.15) is 5.82 Å². The van der Waals surface area contributed by atoms with Gasteiger partial charge in [0.25, 0.3) is 5.91 Å². The molecular weight excluding hydrogens is 329 g/mol. The molecule has 1 aliphatic heterocycles. The predicted octanol–water partition coefficient (Wildman–Crippen LogP) is 1.01. The Hall–Kier alpha value is -2.58. The Morgan fingerprint density at radius 2 is 2.00 bits per heavy atom. The van der Waals surface area contributed by atoms with Crippen LogP contribution in [0.25, 0.3) is 11.1 Å². The van der Waals surface area contributed by atoms with E-state index in [1.54, 1.807) is 17.0 Å². The summed E-state index contributed by atoms with van der Waals surface area (Å²) in [5, 5.41) is 9.13. The van der Waals surface area contributed by atoms with E-state index in [-0.39, 0.29) is 30.7 Å². The molecule has 1 aromatic carbocycles. The Morgan fingerprint density at radius 1 is 1.28 bits per heavy atom.